The SMILES string of the molecule is CC(C)CCOC(C)(C)CNC=O. The summed E-state index contributed by atoms with van der Waals surface area (Å²) >= 11 is 0. The predicted molar refractivity (Wildman–Crippen MR) is 53.6 cm³/mol. The van der Waals surface area contributed by atoms with Crippen molar-refractivity contribution >= 4 is 6.41 Å². The molecule has 0 bridgehead atoms. The molecule has 13 heavy (non-hydrogen) atoms. The Balaban J connectivity index is 3.55. The molecular weight excluding hydrogens is 166 g/mol. The van der Waals surface area contributed by atoms with E-state index in [4.69, 9.17) is 4.74 Å². The second-order valence-corrected chi connectivity index (χ2v) is 4.29. The van der Waals surface area contributed by atoms with Crippen molar-refractivity contribution in [3.63, 3.8) is 0 Å². The normalized spacial score (nSPS) is 11.8. The Labute approximate surface area is 80.8 Å². The summed E-state index contributed by atoms with van der Waals surface area (Å²) in [6.07, 6.45) is 1.76. The van der Waals surface area contributed by atoms with E-state index in [0.29, 0.717) is 18.9 Å². The van der Waals surface area contributed by atoms with Crippen molar-refractivity contribution in [2.75, 3.05) is 13.2 Å². The number of nitrogens with one attached hydrogen (secondary N) is 1. The van der Waals surface area contributed by atoms with Gasteiger partial charge in [0.05, 0.1) is 5.60 Å². The van der Waals surface area contributed by atoms with E-state index in [-0.39, 0.29) is 5.60 Å². The summed E-state index contributed by atoms with van der Waals surface area (Å²) in [4.78, 5) is 10.1. The van der Waals surface area contributed by atoms with Gasteiger partial charge in [-0.25, -0.2) is 0 Å². The highest BCUT2D eigenvalue weighted by Crippen LogP contribution is 2.09. The molecule has 78 valence electrons. The number of rotatable bonds is 7. The summed E-state index contributed by atoms with van der Waals surface area (Å²) < 4.78 is 5.62. The zero-order valence-corrected chi connectivity index (χ0v) is 9.09. The molecule has 1 amide bonds. The van der Waals surface area contributed by atoms with E-state index < -0.39 is 0 Å². The molecule has 0 aromatic carbocycles. The monoisotopic (exact) mass is 187 g/mol. The van der Waals surface area contributed by atoms with E-state index >= 15 is 0 Å². The highest BCUT2D eigenvalue weighted by molar-refractivity contribution is 5.45. The van der Waals surface area contributed by atoms with E-state index in [0.717, 1.165) is 13.0 Å². The smallest absolute Gasteiger partial charge is 0.207 e. The Bertz CT molecular complexity index is 144. The first-order valence-electron chi connectivity index (χ1n) is 4.79. The summed E-state index contributed by atoms with van der Waals surface area (Å²) in [5.41, 5.74) is -0.254. The fourth-order valence-corrected chi connectivity index (χ4v) is 0.909. The lowest BCUT2D eigenvalue weighted by molar-refractivity contribution is -0.111. The van der Waals surface area contributed by atoms with Crippen molar-refractivity contribution < 1.29 is 9.53 Å². The van der Waals surface area contributed by atoms with Gasteiger partial charge in [-0.1, -0.05) is 13.8 Å². The zero-order chi connectivity index (χ0) is 10.3. The molecule has 0 aromatic heterocycles. The van der Waals surface area contributed by atoms with E-state index in [1.165, 1.54) is 0 Å². The van der Waals surface area contributed by atoms with Crippen LogP contribution in [-0.4, -0.2) is 25.2 Å². The molecule has 0 heterocycles. The van der Waals surface area contributed by atoms with E-state index in [9.17, 15) is 4.79 Å². The molecule has 0 unspecified atom stereocenters. The van der Waals surface area contributed by atoms with Gasteiger partial charge in [0, 0.05) is 13.2 Å². The van der Waals surface area contributed by atoms with Crippen LogP contribution in [0.25, 0.3) is 0 Å². The molecule has 0 aromatic rings. The van der Waals surface area contributed by atoms with Crippen LogP contribution in [0.2, 0.25) is 0 Å². The van der Waals surface area contributed by atoms with E-state index in [1.807, 2.05) is 13.8 Å². The number of hydrogen-bond acceptors (Lipinski definition) is 2. The van der Waals surface area contributed by atoms with Crippen LogP contribution in [0.1, 0.15) is 34.1 Å². The zero-order valence-electron chi connectivity index (χ0n) is 9.09. The molecule has 0 saturated carbocycles. The number of hydrogen-bond donors (Lipinski definition) is 1. The lowest BCUT2D eigenvalue weighted by Gasteiger charge is -2.25. The first-order valence-corrected chi connectivity index (χ1v) is 4.79. The Morgan fingerprint density at radius 2 is 2.08 bits per heavy atom. The van der Waals surface area contributed by atoms with Gasteiger partial charge in [-0.05, 0) is 26.2 Å². The third kappa shape index (κ3) is 7.78. The number of carbonyl (C=O) groups is 1. The fraction of sp³-hybridized carbons (Fsp3) is 0.900. The summed E-state index contributed by atoms with van der Waals surface area (Å²) in [5, 5.41) is 2.62. The van der Waals surface area contributed by atoms with E-state index in [2.05, 4.69) is 19.2 Å². The van der Waals surface area contributed by atoms with Crippen molar-refractivity contribution in [3.8, 4) is 0 Å². The molecule has 0 aliphatic heterocycles. The Morgan fingerprint density at radius 1 is 1.46 bits per heavy atom. The van der Waals surface area contributed by atoms with Crippen LogP contribution < -0.4 is 5.32 Å². The molecule has 0 aliphatic rings. The summed E-state index contributed by atoms with van der Waals surface area (Å²) in [7, 11) is 0. The Morgan fingerprint density at radius 3 is 2.54 bits per heavy atom. The molecule has 0 atom stereocenters. The van der Waals surface area contributed by atoms with Crippen molar-refractivity contribution in [1.29, 1.82) is 0 Å². The van der Waals surface area contributed by atoms with Gasteiger partial charge in [-0.2, -0.15) is 0 Å². The second-order valence-electron chi connectivity index (χ2n) is 4.29. The van der Waals surface area contributed by atoms with Crippen LogP contribution in [0.4, 0.5) is 0 Å². The molecule has 0 rings (SSSR count). The molecule has 0 radical (unpaired) electrons. The highest BCUT2D eigenvalue weighted by Gasteiger charge is 2.17. The molecule has 3 heteroatoms. The Kier molecular flexibility index (Phi) is 5.71. The predicted octanol–water partition coefficient (Wildman–Crippen LogP) is 1.57. The molecular formula is C10H21NO2. The topological polar surface area (TPSA) is 38.3 Å². The minimum Gasteiger partial charge on any atom is -0.374 e. The summed E-state index contributed by atoms with van der Waals surface area (Å²) in [6.45, 7) is 9.60. The van der Waals surface area contributed by atoms with Crippen LogP contribution in [0.3, 0.4) is 0 Å². The van der Waals surface area contributed by atoms with E-state index in [1.54, 1.807) is 0 Å². The maximum absolute atomic E-state index is 10.1. The van der Waals surface area contributed by atoms with Crippen molar-refractivity contribution in [3.05, 3.63) is 0 Å². The van der Waals surface area contributed by atoms with Gasteiger partial charge in [0.15, 0.2) is 0 Å². The third-order valence-electron chi connectivity index (χ3n) is 1.80. The Hall–Kier alpha value is -0.570. The average molecular weight is 187 g/mol. The third-order valence-corrected chi connectivity index (χ3v) is 1.80. The second kappa shape index (κ2) is 5.97. The fourth-order valence-electron chi connectivity index (χ4n) is 0.909. The summed E-state index contributed by atoms with van der Waals surface area (Å²) in [5.74, 6) is 0.662. The van der Waals surface area contributed by atoms with Gasteiger partial charge in [0.2, 0.25) is 6.41 Å². The first kappa shape index (κ1) is 12.4. The largest absolute Gasteiger partial charge is 0.374 e. The highest BCUT2D eigenvalue weighted by atomic mass is 16.5. The van der Waals surface area contributed by atoms with Gasteiger partial charge in [-0.15, -0.1) is 0 Å². The molecule has 0 spiro atoms. The summed E-state index contributed by atoms with van der Waals surface area (Å²) in [6, 6.07) is 0. The van der Waals surface area contributed by atoms with Crippen LogP contribution in [0, 0.1) is 5.92 Å². The average Bonchev–Trinajstić information content (AvgIpc) is 2.00. The molecule has 0 fully saturated rings. The lowest BCUT2D eigenvalue weighted by atomic mass is 10.1. The van der Waals surface area contributed by atoms with Crippen LogP contribution in [-0.2, 0) is 9.53 Å². The first-order chi connectivity index (χ1) is 5.98. The van der Waals surface area contributed by atoms with Crippen molar-refractivity contribution in [1.82, 2.24) is 5.32 Å². The van der Waals surface area contributed by atoms with Gasteiger partial charge in [-0.3, -0.25) is 4.79 Å². The van der Waals surface area contributed by atoms with Crippen molar-refractivity contribution in [2.45, 2.75) is 39.7 Å². The lowest BCUT2D eigenvalue weighted by Crippen LogP contribution is -2.37. The number of carbonyl (C=O) groups excluding carboxylic acids is 1. The minimum absolute atomic E-state index is 0.254. The van der Waals surface area contributed by atoms with Gasteiger partial charge < -0.3 is 10.1 Å². The van der Waals surface area contributed by atoms with Gasteiger partial charge in [0.1, 0.15) is 0 Å². The molecule has 1 N–H and O–H groups in total. The van der Waals surface area contributed by atoms with Crippen LogP contribution in [0.15, 0.2) is 0 Å². The van der Waals surface area contributed by atoms with Gasteiger partial charge >= 0.3 is 0 Å². The maximum Gasteiger partial charge on any atom is 0.207 e. The quantitative estimate of drug-likeness (QED) is 0.614. The molecule has 0 aliphatic carbocycles. The van der Waals surface area contributed by atoms with Crippen molar-refractivity contribution in [2.24, 2.45) is 5.92 Å². The molecule has 0 saturated heterocycles. The number of ether oxygens (including phenoxy) is 1. The number of amides is 1. The van der Waals surface area contributed by atoms with Gasteiger partial charge in [0.25, 0.3) is 0 Å². The standard InChI is InChI=1S/C10H21NO2/c1-9(2)5-6-13-10(3,4)7-11-8-12/h8-9H,5-7H2,1-4H3,(H,11,12). The minimum atomic E-state index is -0.254. The maximum atomic E-state index is 10.1. The van der Waals surface area contributed by atoms with Crippen LogP contribution in [0.5, 0.6) is 0 Å². The molecule has 3 nitrogen and oxygen atoms in total. The van der Waals surface area contributed by atoms with Crippen LogP contribution >= 0.6 is 0 Å².